The summed E-state index contributed by atoms with van der Waals surface area (Å²) in [7, 11) is 2.14. The van der Waals surface area contributed by atoms with Gasteiger partial charge in [0, 0.05) is 24.9 Å². The lowest BCUT2D eigenvalue weighted by Gasteiger charge is -2.17. The van der Waals surface area contributed by atoms with Gasteiger partial charge in [0.25, 0.3) is 0 Å². The van der Waals surface area contributed by atoms with Crippen LogP contribution >= 0.6 is 0 Å². The number of anilines is 1. The molecule has 94 valence electrons. The van der Waals surface area contributed by atoms with E-state index in [9.17, 15) is 0 Å². The molecular formula is C16H21N2+. The Balaban J connectivity index is 1.96. The van der Waals surface area contributed by atoms with Crippen molar-refractivity contribution in [3.05, 3.63) is 59.9 Å². The predicted molar refractivity (Wildman–Crippen MR) is 75.8 cm³/mol. The van der Waals surface area contributed by atoms with Gasteiger partial charge in [0.15, 0.2) is 18.9 Å². The van der Waals surface area contributed by atoms with Crippen molar-refractivity contribution in [2.24, 2.45) is 0 Å². The van der Waals surface area contributed by atoms with E-state index in [1.54, 1.807) is 0 Å². The second kappa shape index (κ2) is 5.67. The minimum Gasteiger partial charge on any atom is -0.368 e. The van der Waals surface area contributed by atoms with Gasteiger partial charge in [0.2, 0.25) is 0 Å². The number of benzene rings is 1. The van der Waals surface area contributed by atoms with E-state index in [0.29, 0.717) is 0 Å². The number of hydrogen-bond acceptors (Lipinski definition) is 1. The molecule has 1 heterocycles. The number of nitrogens with zero attached hydrogens (tertiary/aromatic N) is 2. The van der Waals surface area contributed by atoms with Crippen LogP contribution in [0.25, 0.3) is 0 Å². The van der Waals surface area contributed by atoms with Gasteiger partial charge in [-0.15, -0.1) is 0 Å². The molecular weight excluding hydrogens is 220 g/mol. The van der Waals surface area contributed by atoms with Crippen molar-refractivity contribution in [2.45, 2.75) is 20.4 Å². The molecule has 2 heteroatoms. The van der Waals surface area contributed by atoms with Crippen LogP contribution in [0.4, 0.5) is 5.69 Å². The van der Waals surface area contributed by atoms with Gasteiger partial charge in [0.1, 0.15) is 0 Å². The molecule has 0 aliphatic heterocycles. The maximum Gasteiger partial charge on any atom is 0.169 e. The van der Waals surface area contributed by atoms with Gasteiger partial charge in [-0.1, -0.05) is 12.1 Å². The molecule has 0 spiro atoms. The van der Waals surface area contributed by atoms with E-state index in [0.717, 1.165) is 13.1 Å². The minimum absolute atomic E-state index is 1.00. The second-order valence-electron chi connectivity index (χ2n) is 4.87. The van der Waals surface area contributed by atoms with Crippen LogP contribution in [0.2, 0.25) is 0 Å². The molecule has 0 saturated heterocycles. The summed E-state index contributed by atoms with van der Waals surface area (Å²) in [5.41, 5.74) is 3.89. The lowest BCUT2D eigenvalue weighted by molar-refractivity contribution is -0.694. The largest absolute Gasteiger partial charge is 0.368 e. The number of hydrogen-bond donors (Lipinski definition) is 0. The van der Waals surface area contributed by atoms with E-state index in [4.69, 9.17) is 0 Å². The first-order chi connectivity index (χ1) is 8.65. The van der Waals surface area contributed by atoms with Crippen molar-refractivity contribution in [1.82, 2.24) is 0 Å². The van der Waals surface area contributed by atoms with Gasteiger partial charge in [-0.2, -0.15) is 0 Å². The highest BCUT2D eigenvalue weighted by atomic mass is 15.1. The summed E-state index contributed by atoms with van der Waals surface area (Å²) in [6.07, 6.45) is 4.28. The monoisotopic (exact) mass is 241 g/mol. The predicted octanol–water partition coefficient (Wildman–Crippen LogP) is 2.73. The van der Waals surface area contributed by atoms with Crippen LogP contribution < -0.4 is 9.47 Å². The Hall–Kier alpha value is -1.83. The SMILES string of the molecule is Cc1cc[n+](CCN(C)c2cccc(C)c2)cc1. The van der Waals surface area contributed by atoms with E-state index in [2.05, 4.69) is 79.2 Å². The number of aromatic nitrogens is 1. The highest BCUT2D eigenvalue weighted by Crippen LogP contribution is 2.13. The Morgan fingerprint density at radius 3 is 2.39 bits per heavy atom. The molecule has 0 bridgehead atoms. The molecule has 2 nitrogen and oxygen atoms in total. The minimum atomic E-state index is 1.00. The number of rotatable bonds is 4. The highest BCUT2D eigenvalue weighted by molar-refractivity contribution is 5.47. The Morgan fingerprint density at radius 2 is 1.72 bits per heavy atom. The summed E-state index contributed by atoms with van der Waals surface area (Å²) in [6.45, 7) is 6.26. The molecule has 0 aliphatic carbocycles. The van der Waals surface area contributed by atoms with E-state index >= 15 is 0 Å². The molecule has 2 aromatic rings. The summed E-state index contributed by atoms with van der Waals surface area (Å²) in [4.78, 5) is 2.29. The van der Waals surface area contributed by atoms with Crippen molar-refractivity contribution < 1.29 is 4.57 Å². The molecule has 0 atom stereocenters. The van der Waals surface area contributed by atoms with E-state index in [-0.39, 0.29) is 0 Å². The third-order valence-corrected chi connectivity index (χ3v) is 3.19. The summed E-state index contributed by atoms with van der Waals surface area (Å²) in [6, 6.07) is 12.9. The van der Waals surface area contributed by atoms with Gasteiger partial charge in [-0.05, 0) is 37.1 Å². The van der Waals surface area contributed by atoms with Crippen molar-refractivity contribution in [2.75, 3.05) is 18.5 Å². The van der Waals surface area contributed by atoms with E-state index in [1.165, 1.54) is 16.8 Å². The van der Waals surface area contributed by atoms with Gasteiger partial charge >= 0.3 is 0 Å². The molecule has 0 aliphatic rings. The number of pyridine rings is 1. The van der Waals surface area contributed by atoms with Gasteiger partial charge < -0.3 is 4.90 Å². The van der Waals surface area contributed by atoms with Gasteiger partial charge in [-0.3, -0.25) is 0 Å². The van der Waals surface area contributed by atoms with Crippen LogP contribution in [0.15, 0.2) is 48.8 Å². The summed E-state index contributed by atoms with van der Waals surface area (Å²) in [5.74, 6) is 0. The van der Waals surface area contributed by atoms with Crippen LogP contribution in [0.3, 0.4) is 0 Å². The molecule has 0 fully saturated rings. The molecule has 1 aromatic heterocycles. The maximum atomic E-state index is 2.29. The molecule has 0 unspecified atom stereocenters. The maximum absolute atomic E-state index is 2.29. The third-order valence-electron chi connectivity index (χ3n) is 3.19. The molecule has 2 rings (SSSR count). The van der Waals surface area contributed by atoms with Crippen LogP contribution in [0, 0.1) is 13.8 Å². The molecule has 1 aromatic carbocycles. The lowest BCUT2D eigenvalue weighted by Crippen LogP contribution is -2.39. The zero-order valence-electron chi connectivity index (χ0n) is 11.4. The molecule has 0 radical (unpaired) electrons. The molecule has 18 heavy (non-hydrogen) atoms. The molecule has 0 amide bonds. The first-order valence-corrected chi connectivity index (χ1v) is 6.39. The first-order valence-electron chi connectivity index (χ1n) is 6.39. The van der Waals surface area contributed by atoms with E-state index in [1.807, 2.05) is 0 Å². The lowest BCUT2D eigenvalue weighted by atomic mass is 10.2. The fourth-order valence-electron chi connectivity index (χ4n) is 1.94. The number of likely N-dealkylation sites (N-methyl/N-ethyl adjacent to an activating group) is 1. The van der Waals surface area contributed by atoms with Crippen molar-refractivity contribution in [1.29, 1.82) is 0 Å². The summed E-state index contributed by atoms with van der Waals surface area (Å²) < 4.78 is 2.22. The molecule has 0 N–H and O–H groups in total. The van der Waals surface area contributed by atoms with Crippen LogP contribution in [0.1, 0.15) is 11.1 Å². The highest BCUT2D eigenvalue weighted by Gasteiger charge is 2.04. The Kier molecular flexibility index (Phi) is 3.98. The standard InChI is InChI=1S/C16H21N2/c1-14-7-9-18(10-8-14)12-11-17(3)16-6-4-5-15(2)13-16/h4-10,13H,11-12H2,1-3H3/q+1. The third kappa shape index (κ3) is 3.33. The van der Waals surface area contributed by atoms with Crippen LogP contribution in [-0.2, 0) is 6.54 Å². The van der Waals surface area contributed by atoms with Gasteiger partial charge in [0.05, 0.1) is 6.54 Å². The number of aryl methyl sites for hydroxylation is 2. The topological polar surface area (TPSA) is 7.12 Å². The van der Waals surface area contributed by atoms with Crippen molar-refractivity contribution in [3.63, 3.8) is 0 Å². The van der Waals surface area contributed by atoms with Crippen LogP contribution in [-0.4, -0.2) is 13.6 Å². The van der Waals surface area contributed by atoms with Crippen molar-refractivity contribution >= 4 is 5.69 Å². The normalized spacial score (nSPS) is 10.4. The quantitative estimate of drug-likeness (QED) is 0.747. The fraction of sp³-hybridized carbons (Fsp3) is 0.312. The fourth-order valence-corrected chi connectivity index (χ4v) is 1.94. The second-order valence-corrected chi connectivity index (χ2v) is 4.87. The average molecular weight is 241 g/mol. The average Bonchev–Trinajstić information content (AvgIpc) is 2.38. The smallest absolute Gasteiger partial charge is 0.169 e. The van der Waals surface area contributed by atoms with Crippen molar-refractivity contribution in [3.8, 4) is 0 Å². The molecule has 0 saturated carbocycles. The van der Waals surface area contributed by atoms with Crippen LogP contribution in [0.5, 0.6) is 0 Å². The zero-order valence-corrected chi connectivity index (χ0v) is 11.4. The zero-order chi connectivity index (χ0) is 13.0. The summed E-state index contributed by atoms with van der Waals surface area (Å²) in [5, 5.41) is 0. The van der Waals surface area contributed by atoms with E-state index < -0.39 is 0 Å². The first kappa shape index (κ1) is 12.6. The Morgan fingerprint density at radius 1 is 1.00 bits per heavy atom. The Bertz CT molecular complexity index is 503. The summed E-state index contributed by atoms with van der Waals surface area (Å²) >= 11 is 0. The van der Waals surface area contributed by atoms with Gasteiger partial charge in [-0.25, -0.2) is 4.57 Å². The Labute approximate surface area is 110 Å².